The minimum Gasteiger partial charge on any atom is -0.467 e. The normalized spacial score (nSPS) is 12.3. The van der Waals surface area contributed by atoms with E-state index >= 15 is 0 Å². The van der Waals surface area contributed by atoms with Crippen molar-refractivity contribution >= 4 is 23.3 Å². The Balaban J connectivity index is 2.81. The van der Waals surface area contributed by atoms with Crippen molar-refractivity contribution in [3.8, 4) is 0 Å². The number of nitrogens with one attached hydrogen (secondary N) is 1. The Hall–Kier alpha value is -1.63. The van der Waals surface area contributed by atoms with Gasteiger partial charge in [-0.3, -0.25) is 0 Å². The first-order chi connectivity index (χ1) is 11.3. The fourth-order valence-electron chi connectivity index (χ4n) is 2.23. The van der Waals surface area contributed by atoms with Crippen LogP contribution in [0.2, 0.25) is 0 Å². The number of ether oxygens (including phenoxy) is 1. The van der Waals surface area contributed by atoms with Crippen molar-refractivity contribution in [2.24, 2.45) is 5.92 Å². The predicted octanol–water partition coefficient (Wildman–Crippen LogP) is 3.39. The molecular weight excluding hydrogens is 326 g/mol. The number of thiazole rings is 1. The number of rotatable bonds is 8. The zero-order chi connectivity index (χ0) is 18.3. The molecule has 0 aromatic carbocycles. The number of esters is 1. The zero-order valence-corrected chi connectivity index (χ0v) is 16.3. The molecule has 0 saturated carbocycles. The average Bonchev–Trinajstić information content (AvgIpc) is 2.99. The van der Waals surface area contributed by atoms with Gasteiger partial charge in [0.15, 0.2) is 0 Å². The van der Waals surface area contributed by atoms with E-state index in [2.05, 4.69) is 24.1 Å². The lowest BCUT2D eigenvalue weighted by molar-refractivity contribution is -0.144. The number of carbonyl (C=O) groups excluding carboxylic acids is 2. The Kier molecular flexibility index (Phi) is 8.18. The quantitative estimate of drug-likeness (QED) is 0.726. The Morgan fingerprint density at radius 2 is 2.00 bits per heavy atom. The Morgan fingerprint density at radius 3 is 2.46 bits per heavy atom. The summed E-state index contributed by atoms with van der Waals surface area (Å²) in [7, 11) is 1.33. The zero-order valence-electron chi connectivity index (χ0n) is 15.5. The SMILES string of the molecule is CCCN(Cc1csc(C(C)C)n1)C(=O)N[C@H](C(=O)OC)C(C)C. The number of hydrogen-bond acceptors (Lipinski definition) is 5. The molecule has 7 heteroatoms. The largest absolute Gasteiger partial charge is 0.467 e. The van der Waals surface area contributed by atoms with E-state index in [1.165, 1.54) is 7.11 Å². The van der Waals surface area contributed by atoms with Gasteiger partial charge in [0.25, 0.3) is 0 Å². The standard InChI is InChI=1S/C17H29N3O3S/c1-7-8-20(9-13-10-24-15(18-13)12(4)5)17(22)19-14(11(2)3)16(21)23-6/h10-12,14H,7-9H2,1-6H3,(H,19,22)/t14-/m0/s1. The number of nitrogens with zero attached hydrogens (tertiary/aromatic N) is 2. The number of methoxy groups -OCH3 is 1. The maximum absolute atomic E-state index is 12.6. The van der Waals surface area contributed by atoms with Crippen LogP contribution in [0, 0.1) is 5.92 Å². The van der Waals surface area contributed by atoms with Gasteiger partial charge < -0.3 is 15.0 Å². The van der Waals surface area contributed by atoms with E-state index in [-0.39, 0.29) is 11.9 Å². The summed E-state index contributed by atoms with van der Waals surface area (Å²) in [6, 6.07) is -0.913. The molecule has 2 amide bonds. The molecule has 136 valence electrons. The van der Waals surface area contributed by atoms with Gasteiger partial charge in [0.1, 0.15) is 6.04 Å². The van der Waals surface area contributed by atoms with Crippen LogP contribution in [-0.2, 0) is 16.1 Å². The number of amides is 2. The molecule has 1 heterocycles. The summed E-state index contributed by atoms with van der Waals surface area (Å²) in [5.41, 5.74) is 0.881. The van der Waals surface area contributed by atoms with E-state index in [9.17, 15) is 9.59 Å². The molecule has 0 radical (unpaired) electrons. The lowest BCUT2D eigenvalue weighted by Gasteiger charge is -2.26. The van der Waals surface area contributed by atoms with E-state index in [0.29, 0.717) is 19.0 Å². The van der Waals surface area contributed by atoms with Crippen LogP contribution in [0.5, 0.6) is 0 Å². The van der Waals surface area contributed by atoms with Gasteiger partial charge in [-0.05, 0) is 12.3 Å². The second kappa shape index (κ2) is 9.61. The highest BCUT2D eigenvalue weighted by molar-refractivity contribution is 7.09. The third kappa shape index (κ3) is 5.78. The average molecular weight is 356 g/mol. The fourth-order valence-corrected chi connectivity index (χ4v) is 3.05. The number of hydrogen-bond donors (Lipinski definition) is 1. The minimum atomic E-state index is -0.650. The summed E-state index contributed by atoms with van der Waals surface area (Å²) in [6.45, 7) is 11.0. The lowest BCUT2D eigenvalue weighted by Crippen LogP contribution is -2.50. The molecule has 24 heavy (non-hydrogen) atoms. The fraction of sp³-hybridized carbons (Fsp3) is 0.706. The van der Waals surface area contributed by atoms with Crippen molar-refractivity contribution in [2.75, 3.05) is 13.7 Å². The molecule has 0 spiro atoms. The van der Waals surface area contributed by atoms with E-state index in [1.54, 1.807) is 16.2 Å². The van der Waals surface area contributed by atoms with E-state index < -0.39 is 12.0 Å². The van der Waals surface area contributed by atoms with Crippen LogP contribution in [0.4, 0.5) is 4.79 Å². The van der Waals surface area contributed by atoms with Crippen molar-refractivity contribution in [2.45, 2.75) is 59.5 Å². The molecule has 1 aromatic rings. The van der Waals surface area contributed by atoms with Gasteiger partial charge in [-0.1, -0.05) is 34.6 Å². The van der Waals surface area contributed by atoms with Crippen LogP contribution in [0.3, 0.4) is 0 Å². The summed E-state index contributed by atoms with van der Waals surface area (Å²) in [5, 5.41) is 5.85. The molecule has 1 rings (SSSR count). The molecule has 0 aliphatic heterocycles. The molecule has 1 aromatic heterocycles. The van der Waals surface area contributed by atoms with Crippen LogP contribution in [0.1, 0.15) is 57.7 Å². The number of aromatic nitrogens is 1. The second-order valence-electron chi connectivity index (χ2n) is 6.45. The third-order valence-electron chi connectivity index (χ3n) is 3.60. The van der Waals surface area contributed by atoms with E-state index in [1.807, 2.05) is 26.2 Å². The molecule has 0 fully saturated rings. The minimum absolute atomic E-state index is 0.0447. The van der Waals surface area contributed by atoms with Gasteiger partial charge >= 0.3 is 12.0 Å². The summed E-state index contributed by atoms with van der Waals surface area (Å²) < 4.78 is 4.78. The Morgan fingerprint density at radius 1 is 1.33 bits per heavy atom. The van der Waals surface area contributed by atoms with Crippen molar-refractivity contribution < 1.29 is 14.3 Å². The summed E-state index contributed by atoms with van der Waals surface area (Å²) in [6.07, 6.45) is 0.833. The Bertz CT molecular complexity index is 543. The number of urea groups is 1. The lowest BCUT2D eigenvalue weighted by atomic mass is 10.1. The van der Waals surface area contributed by atoms with Crippen LogP contribution in [0.15, 0.2) is 5.38 Å². The van der Waals surface area contributed by atoms with Gasteiger partial charge in [-0.15, -0.1) is 11.3 Å². The third-order valence-corrected chi connectivity index (χ3v) is 4.79. The van der Waals surface area contributed by atoms with Crippen molar-refractivity contribution in [3.63, 3.8) is 0 Å². The van der Waals surface area contributed by atoms with Gasteiger partial charge in [-0.25, -0.2) is 14.6 Å². The molecule has 0 aliphatic carbocycles. The highest BCUT2D eigenvalue weighted by Gasteiger charge is 2.27. The van der Waals surface area contributed by atoms with Crippen LogP contribution in [-0.4, -0.2) is 41.6 Å². The molecule has 0 bridgehead atoms. The first kappa shape index (κ1) is 20.4. The molecule has 6 nitrogen and oxygen atoms in total. The van der Waals surface area contributed by atoms with Gasteiger partial charge in [0.05, 0.1) is 24.4 Å². The maximum Gasteiger partial charge on any atom is 0.328 e. The second-order valence-corrected chi connectivity index (χ2v) is 7.34. The van der Waals surface area contributed by atoms with Crippen LogP contribution >= 0.6 is 11.3 Å². The van der Waals surface area contributed by atoms with Crippen LogP contribution in [0.25, 0.3) is 0 Å². The topological polar surface area (TPSA) is 71.5 Å². The molecule has 1 N–H and O–H groups in total. The smallest absolute Gasteiger partial charge is 0.328 e. The van der Waals surface area contributed by atoms with Gasteiger partial charge in [0.2, 0.25) is 0 Å². The molecule has 0 aliphatic rings. The van der Waals surface area contributed by atoms with Crippen molar-refractivity contribution in [1.82, 2.24) is 15.2 Å². The molecule has 1 atom stereocenters. The van der Waals surface area contributed by atoms with Gasteiger partial charge in [-0.2, -0.15) is 0 Å². The first-order valence-corrected chi connectivity index (χ1v) is 9.25. The van der Waals surface area contributed by atoms with E-state index in [4.69, 9.17) is 4.74 Å². The van der Waals surface area contributed by atoms with Gasteiger partial charge in [0, 0.05) is 17.8 Å². The predicted molar refractivity (Wildman–Crippen MR) is 96.1 cm³/mol. The first-order valence-electron chi connectivity index (χ1n) is 8.37. The van der Waals surface area contributed by atoms with Crippen molar-refractivity contribution in [3.05, 3.63) is 16.1 Å². The number of carbonyl (C=O) groups is 2. The highest BCUT2D eigenvalue weighted by atomic mass is 32.1. The Labute approximate surface area is 148 Å². The summed E-state index contributed by atoms with van der Waals surface area (Å²) >= 11 is 1.61. The maximum atomic E-state index is 12.6. The highest BCUT2D eigenvalue weighted by Crippen LogP contribution is 2.20. The monoisotopic (exact) mass is 355 g/mol. The van der Waals surface area contributed by atoms with Crippen LogP contribution < -0.4 is 5.32 Å². The summed E-state index contributed by atoms with van der Waals surface area (Å²) in [5.74, 6) is -0.0934. The summed E-state index contributed by atoms with van der Waals surface area (Å²) in [4.78, 5) is 30.7. The molecule has 0 unspecified atom stereocenters. The molecule has 0 saturated heterocycles. The molecular formula is C17H29N3O3S. The van der Waals surface area contributed by atoms with Crippen molar-refractivity contribution in [1.29, 1.82) is 0 Å². The van der Waals surface area contributed by atoms with E-state index in [0.717, 1.165) is 17.1 Å².